The third-order valence-electron chi connectivity index (χ3n) is 6.87. The number of hydrogen-bond acceptors (Lipinski definition) is 3. The highest BCUT2D eigenvalue weighted by Gasteiger charge is 2.47. The van der Waals surface area contributed by atoms with E-state index in [1.54, 1.807) is 4.68 Å². The van der Waals surface area contributed by atoms with E-state index in [0.717, 1.165) is 35.5 Å². The Balaban J connectivity index is 1.43. The summed E-state index contributed by atoms with van der Waals surface area (Å²) in [5, 5.41) is 7.74. The second-order valence-electron chi connectivity index (χ2n) is 9.53. The van der Waals surface area contributed by atoms with Gasteiger partial charge in [0.25, 0.3) is 5.91 Å². The molecule has 5 rings (SSSR count). The van der Waals surface area contributed by atoms with Crippen LogP contribution in [0.5, 0.6) is 0 Å². The van der Waals surface area contributed by atoms with Crippen LogP contribution in [0.4, 0.5) is 10.5 Å². The van der Waals surface area contributed by atoms with E-state index < -0.39 is 0 Å². The first-order valence-electron chi connectivity index (χ1n) is 12.0. The number of aryl methyl sites for hydroxylation is 1. The van der Waals surface area contributed by atoms with Crippen molar-refractivity contribution in [1.82, 2.24) is 19.6 Å². The summed E-state index contributed by atoms with van der Waals surface area (Å²) < 4.78 is 1.80. The Labute approximate surface area is 200 Å². The predicted octanol–water partition coefficient (Wildman–Crippen LogP) is 5.03. The Morgan fingerprint density at radius 2 is 1.74 bits per heavy atom. The molecule has 3 aromatic rings. The number of piperidine rings is 1. The van der Waals surface area contributed by atoms with Gasteiger partial charge in [0, 0.05) is 24.3 Å². The van der Waals surface area contributed by atoms with Gasteiger partial charge in [0.15, 0.2) is 0 Å². The van der Waals surface area contributed by atoms with Gasteiger partial charge in [0.05, 0.1) is 23.5 Å². The van der Waals surface area contributed by atoms with Gasteiger partial charge in [-0.1, -0.05) is 50.2 Å². The van der Waals surface area contributed by atoms with Crippen molar-refractivity contribution >= 4 is 17.6 Å². The van der Waals surface area contributed by atoms with E-state index in [1.807, 2.05) is 77.4 Å². The molecule has 0 radical (unpaired) electrons. The van der Waals surface area contributed by atoms with Crippen molar-refractivity contribution in [3.05, 3.63) is 77.6 Å². The fraction of sp³-hybridized carbons (Fsp3) is 0.370. The number of aromatic nitrogens is 2. The molecule has 0 bridgehead atoms. The topological polar surface area (TPSA) is 70.5 Å². The third-order valence-corrected chi connectivity index (χ3v) is 6.87. The average molecular weight is 458 g/mol. The number of anilines is 1. The molecule has 34 heavy (non-hydrogen) atoms. The molecule has 0 aliphatic carbocycles. The van der Waals surface area contributed by atoms with Gasteiger partial charge in [-0.3, -0.25) is 4.79 Å². The van der Waals surface area contributed by atoms with Gasteiger partial charge in [-0.05, 0) is 49.9 Å². The largest absolute Gasteiger partial charge is 0.325 e. The first kappa shape index (κ1) is 22.2. The first-order chi connectivity index (χ1) is 16.5. The summed E-state index contributed by atoms with van der Waals surface area (Å²) in [6, 6.07) is 19.1. The van der Waals surface area contributed by atoms with E-state index in [0.29, 0.717) is 18.8 Å². The lowest BCUT2D eigenvalue weighted by Gasteiger charge is -2.41. The highest BCUT2D eigenvalue weighted by Crippen LogP contribution is 2.43. The minimum absolute atomic E-state index is 0.00784. The van der Waals surface area contributed by atoms with E-state index >= 15 is 0 Å². The van der Waals surface area contributed by atoms with Gasteiger partial charge in [-0.25, -0.2) is 9.48 Å². The zero-order chi connectivity index (χ0) is 23.8. The minimum Gasteiger partial charge on any atom is -0.325 e. The molecule has 0 saturated carbocycles. The molecule has 7 nitrogen and oxygen atoms in total. The van der Waals surface area contributed by atoms with Crippen LogP contribution in [0.15, 0.2) is 60.7 Å². The second kappa shape index (κ2) is 8.97. The molecule has 1 N–H and O–H groups in total. The maximum absolute atomic E-state index is 13.9. The Morgan fingerprint density at radius 1 is 1.06 bits per heavy atom. The molecule has 3 amide bonds. The number of rotatable bonds is 4. The quantitative estimate of drug-likeness (QED) is 0.597. The summed E-state index contributed by atoms with van der Waals surface area (Å²) in [6.07, 6.45) is 1.74. The monoisotopic (exact) mass is 457 g/mol. The number of fused-ring (bicyclic) bond motifs is 1. The summed E-state index contributed by atoms with van der Waals surface area (Å²) in [6.45, 7) is 7.51. The van der Waals surface area contributed by atoms with Crippen LogP contribution in [0.1, 0.15) is 54.5 Å². The Morgan fingerprint density at radius 3 is 2.41 bits per heavy atom. The van der Waals surface area contributed by atoms with Gasteiger partial charge in [0.1, 0.15) is 5.69 Å². The Bertz CT molecular complexity index is 1190. The number of urea groups is 1. The van der Waals surface area contributed by atoms with Crippen molar-refractivity contribution in [2.24, 2.45) is 5.92 Å². The number of likely N-dealkylation sites (tertiary alicyclic amines) is 1. The lowest BCUT2D eigenvalue weighted by Crippen LogP contribution is -2.52. The van der Waals surface area contributed by atoms with Crippen LogP contribution >= 0.6 is 0 Å². The standard InChI is InChI=1S/C27H31N5O2/c1-18(2)24-23-19(3)29-32(21-13-8-5-9-14-21)25(23)26(33)31(24)22-15-10-16-30(17-22)27(34)28-20-11-6-4-7-12-20/h4-9,11-14,18,22,24H,10,15-17H2,1-3H3,(H,28,34). The summed E-state index contributed by atoms with van der Waals surface area (Å²) in [5.41, 5.74) is 4.24. The molecule has 2 unspecified atom stereocenters. The van der Waals surface area contributed by atoms with Crippen LogP contribution in [0.25, 0.3) is 5.69 Å². The number of carbonyl (C=O) groups is 2. The molecule has 0 spiro atoms. The molecular formula is C27H31N5O2. The van der Waals surface area contributed by atoms with Gasteiger partial charge in [-0.15, -0.1) is 0 Å². The molecule has 176 valence electrons. The Hall–Kier alpha value is -3.61. The number of nitrogens with one attached hydrogen (secondary N) is 1. The summed E-state index contributed by atoms with van der Waals surface area (Å²) >= 11 is 0. The fourth-order valence-electron chi connectivity index (χ4n) is 5.38. The molecule has 2 aromatic carbocycles. The van der Waals surface area contributed by atoms with Crippen LogP contribution in [0.3, 0.4) is 0 Å². The number of hydrogen-bond donors (Lipinski definition) is 1. The van der Waals surface area contributed by atoms with Crippen LogP contribution in [-0.2, 0) is 0 Å². The summed E-state index contributed by atoms with van der Waals surface area (Å²) in [4.78, 5) is 30.8. The molecular weight excluding hydrogens is 426 g/mol. The highest BCUT2D eigenvalue weighted by atomic mass is 16.2. The second-order valence-corrected chi connectivity index (χ2v) is 9.53. The normalized spacial score (nSPS) is 20.1. The van der Waals surface area contributed by atoms with Crippen LogP contribution < -0.4 is 5.32 Å². The number of amides is 3. The highest BCUT2D eigenvalue weighted by molar-refractivity contribution is 5.99. The molecule has 1 saturated heterocycles. The van der Waals surface area contributed by atoms with Gasteiger partial charge < -0.3 is 15.1 Å². The maximum Gasteiger partial charge on any atom is 0.321 e. The van der Waals surface area contributed by atoms with Gasteiger partial charge in [-0.2, -0.15) is 5.10 Å². The van der Waals surface area contributed by atoms with Crippen molar-refractivity contribution in [2.75, 3.05) is 18.4 Å². The van der Waals surface area contributed by atoms with E-state index in [-0.39, 0.29) is 29.9 Å². The van der Waals surface area contributed by atoms with Crippen molar-refractivity contribution in [1.29, 1.82) is 0 Å². The number of para-hydroxylation sites is 2. The molecule has 7 heteroatoms. The Kier molecular flexibility index (Phi) is 5.86. The molecule has 1 fully saturated rings. The predicted molar refractivity (Wildman–Crippen MR) is 132 cm³/mol. The van der Waals surface area contributed by atoms with Crippen molar-refractivity contribution in [3.8, 4) is 5.69 Å². The van der Waals surface area contributed by atoms with Gasteiger partial charge >= 0.3 is 6.03 Å². The molecule has 2 atom stereocenters. The van der Waals surface area contributed by atoms with Crippen molar-refractivity contribution in [2.45, 2.75) is 45.7 Å². The molecule has 1 aromatic heterocycles. The van der Waals surface area contributed by atoms with Gasteiger partial charge in [0.2, 0.25) is 0 Å². The zero-order valence-electron chi connectivity index (χ0n) is 19.9. The SMILES string of the molecule is Cc1nn(-c2ccccc2)c2c1C(C(C)C)N(C1CCCN(C(=O)Nc3ccccc3)C1)C2=O. The lowest BCUT2D eigenvalue weighted by atomic mass is 9.94. The number of nitrogens with zero attached hydrogens (tertiary/aromatic N) is 4. The molecule has 3 heterocycles. The molecule has 2 aliphatic heterocycles. The minimum atomic E-state index is -0.118. The van der Waals surface area contributed by atoms with E-state index in [1.165, 1.54) is 0 Å². The van der Waals surface area contributed by atoms with E-state index in [2.05, 4.69) is 19.2 Å². The lowest BCUT2D eigenvalue weighted by molar-refractivity contribution is 0.0431. The first-order valence-corrected chi connectivity index (χ1v) is 12.0. The van der Waals surface area contributed by atoms with Crippen LogP contribution in [0, 0.1) is 12.8 Å². The van der Waals surface area contributed by atoms with E-state index in [4.69, 9.17) is 5.10 Å². The zero-order valence-corrected chi connectivity index (χ0v) is 19.9. The fourth-order valence-corrected chi connectivity index (χ4v) is 5.38. The van der Waals surface area contributed by atoms with Crippen LogP contribution in [0.2, 0.25) is 0 Å². The number of carbonyl (C=O) groups excluding carboxylic acids is 2. The average Bonchev–Trinajstić information content (AvgIpc) is 3.35. The smallest absolute Gasteiger partial charge is 0.321 e. The maximum atomic E-state index is 13.9. The van der Waals surface area contributed by atoms with E-state index in [9.17, 15) is 9.59 Å². The van der Waals surface area contributed by atoms with Crippen molar-refractivity contribution < 1.29 is 9.59 Å². The summed E-state index contributed by atoms with van der Waals surface area (Å²) in [7, 11) is 0. The summed E-state index contributed by atoms with van der Waals surface area (Å²) in [5.74, 6) is 0.235. The van der Waals surface area contributed by atoms with Crippen molar-refractivity contribution in [3.63, 3.8) is 0 Å². The number of benzene rings is 2. The van der Waals surface area contributed by atoms with Crippen LogP contribution in [-0.4, -0.2) is 50.6 Å². The molecule has 2 aliphatic rings. The third kappa shape index (κ3) is 3.85.